The lowest BCUT2D eigenvalue weighted by Crippen LogP contribution is -2.51. The first-order chi connectivity index (χ1) is 11.1. The molecular formula is C18H19F3N2O. The van der Waals surface area contributed by atoms with Crippen molar-refractivity contribution < 1.29 is 18.0 Å². The van der Waals surface area contributed by atoms with Crippen molar-refractivity contribution in [3.8, 4) is 0 Å². The smallest absolute Gasteiger partial charge is 0.287 e. The number of nitrogens with one attached hydrogen (secondary N) is 1. The van der Waals surface area contributed by atoms with Crippen LogP contribution < -0.4 is 5.43 Å². The third-order valence-electron chi connectivity index (χ3n) is 4.50. The van der Waals surface area contributed by atoms with Crippen LogP contribution in [-0.2, 0) is 4.79 Å². The average Bonchev–Trinajstić information content (AvgIpc) is 2.70. The lowest BCUT2D eigenvalue weighted by molar-refractivity contribution is -0.203. The minimum Gasteiger partial charge on any atom is -0.287 e. The molecule has 3 nitrogen and oxygen atoms in total. The van der Waals surface area contributed by atoms with Gasteiger partial charge in [-0.05, 0) is 48.7 Å². The summed E-state index contributed by atoms with van der Waals surface area (Å²) in [6.45, 7) is 5.19. The Morgan fingerprint density at radius 1 is 1.21 bits per heavy atom. The molecule has 0 spiro atoms. The molecule has 1 amide bonds. The van der Waals surface area contributed by atoms with Gasteiger partial charge >= 0.3 is 6.18 Å². The first-order valence-electron chi connectivity index (χ1n) is 7.74. The number of hydrogen-bond acceptors (Lipinski definition) is 2. The Bertz CT molecular complexity index is 798. The van der Waals surface area contributed by atoms with Crippen LogP contribution in [-0.4, -0.2) is 22.6 Å². The zero-order valence-electron chi connectivity index (χ0n) is 13.7. The quantitative estimate of drug-likeness (QED) is 0.888. The Kier molecular flexibility index (Phi) is 3.83. The van der Waals surface area contributed by atoms with Gasteiger partial charge in [-0.1, -0.05) is 30.3 Å². The number of fused-ring (bicyclic) bond motifs is 1. The topological polar surface area (TPSA) is 32.3 Å². The number of rotatable bonds is 2. The molecule has 0 aliphatic carbocycles. The van der Waals surface area contributed by atoms with Crippen LogP contribution in [0.4, 0.5) is 13.2 Å². The first kappa shape index (κ1) is 16.8. The van der Waals surface area contributed by atoms with Crippen LogP contribution in [0.2, 0.25) is 0 Å². The molecule has 1 aliphatic rings. The van der Waals surface area contributed by atoms with Crippen molar-refractivity contribution in [2.75, 3.05) is 0 Å². The van der Waals surface area contributed by atoms with Crippen LogP contribution in [0.1, 0.15) is 37.4 Å². The Morgan fingerprint density at radius 2 is 1.92 bits per heavy atom. The van der Waals surface area contributed by atoms with Gasteiger partial charge in [0.25, 0.3) is 0 Å². The van der Waals surface area contributed by atoms with Gasteiger partial charge in [0, 0.05) is 12.0 Å². The van der Waals surface area contributed by atoms with Crippen molar-refractivity contribution in [3.05, 3.63) is 47.5 Å². The van der Waals surface area contributed by atoms with E-state index in [4.69, 9.17) is 0 Å². The molecule has 1 N–H and O–H groups in total. The highest BCUT2D eigenvalue weighted by atomic mass is 19.4. The van der Waals surface area contributed by atoms with E-state index >= 15 is 0 Å². The van der Waals surface area contributed by atoms with Gasteiger partial charge in [0.05, 0.1) is 0 Å². The van der Waals surface area contributed by atoms with Gasteiger partial charge in [0.15, 0.2) is 6.04 Å². The summed E-state index contributed by atoms with van der Waals surface area (Å²) in [6.07, 6.45) is -4.47. The first-order valence-corrected chi connectivity index (χ1v) is 7.74. The normalized spacial score (nSPS) is 19.5. The molecule has 2 aromatic carbocycles. The van der Waals surface area contributed by atoms with Crippen LogP contribution in [0.25, 0.3) is 10.8 Å². The molecule has 0 saturated carbocycles. The van der Waals surface area contributed by atoms with Crippen molar-refractivity contribution >= 4 is 16.7 Å². The van der Waals surface area contributed by atoms with E-state index in [9.17, 15) is 18.0 Å². The summed E-state index contributed by atoms with van der Waals surface area (Å²) in [5, 5.41) is 2.71. The summed E-state index contributed by atoms with van der Waals surface area (Å²) in [7, 11) is 0. The SMILES string of the molecule is Cc1cccc2cc([C@H](N3NC(=O)CC3(C)C)C(F)(F)F)ccc12. The number of nitrogens with zero attached hydrogens (tertiary/aromatic N) is 1. The average molecular weight is 336 g/mol. The van der Waals surface area contributed by atoms with Crippen LogP contribution in [0.3, 0.4) is 0 Å². The fourth-order valence-electron chi connectivity index (χ4n) is 3.34. The number of carbonyl (C=O) groups is 1. The number of benzene rings is 2. The third-order valence-corrected chi connectivity index (χ3v) is 4.50. The van der Waals surface area contributed by atoms with Crippen molar-refractivity contribution in [1.29, 1.82) is 0 Å². The Morgan fingerprint density at radius 3 is 2.50 bits per heavy atom. The molecule has 0 unspecified atom stereocenters. The van der Waals surface area contributed by atoms with Gasteiger partial charge in [0.1, 0.15) is 0 Å². The second-order valence-corrected chi connectivity index (χ2v) is 6.89. The molecule has 2 aromatic rings. The van der Waals surface area contributed by atoms with Gasteiger partial charge in [-0.2, -0.15) is 18.2 Å². The molecule has 0 bridgehead atoms. The summed E-state index contributed by atoms with van der Waals surface area (Å²) in [4.78, 5) is 11.7. The van der Waals surface area contributed by atoms with Crippen LogP contribution >= 0.6 is 0 Å². The maximum atomic E-state index is 13.8. The van der Waals surface area contributed by atoms with Gasteiger partial charge in [0.2, 0.25) is 5.91 Å². The minimum atomic E-state index is -4.51. The second-order valence-electron chi connectivity index (χ2n) is 6.89. The molecule has 1 saturated heterocycles. The van der Waals surface area contributed by atoms with E-state index in [2.05, 4.69) is 5.43 Å². The molecule has 24 heavy (non-hydrogen) atoms. The summed E-state index contributed by atoms with van der Waals surface area (Å²) >= 11 is 0. The summed E-state index contributed by atoms with van der Waals surface area (Å²) < 4.78 is 41.4. The van der Waals surface area contributed by atoms with Crippen LogP contribution in [0.5, 0.6) is 0 Å². The molecule has 1 atom stereocenters. The predicted octanol–water partition coefficient (Wildman–Crippen LogP) is 4.27. The number of hydrogen-bond donors (Lipinski definition) is 1. The standard InChI is InChI=1S/C18H19F3N2O/c1-11-5-4-6-12-9-13(7-8-14(11)12)16(18(19,20)21)23-17(2,3)10-15(24)22-23/h4-9,16H,10H2,1-3H3,(H,22,24)/t16-/m0/s1. The molecule has 1 fully saturated rings. The van der Waals surface area contributed by atoms with Gasteiger partial charge < -0.3 is 0 Å². The van der Waals surface area contributed by atoms with E-state index in [1.807, 2.05) is 19.1 Å². The molecule has 3 rings (SSSR count). The van der Waals surface area contributed by atoms with E-state index in [0.717, 1.165) is 21.3 Å². The van der Waals surface area contributed by atoms with Crippen LogP contribution in [0, 0.1) is 6.92 Å². The zero-order chi connectivity index (χ0) is 17.7. The lowest BCUT2D eigenvalue weighted by Gasteiger charge is -2.38. The van der Waals surface area contributed by atoms with E-state index in [-0.39, 0.29) is 12.0 Å². The maximum Gasteiger partial charge on any atom is 0.409 e. The summed E-state index contributed by atoms with van der Waals surface area (Å²) in [6, 6.07) is 8.42. The van der Waals surface area contributed by atoms with Crippen molar-refractivity contribution in [2.24, 2.45) is 0 Å². The minimum absolute atomic E-state index is 0.0340. The van der Waals surface area contributed by atoms with E-state index in [0.29, 0.717) is 0 Å². The molecule has 6 heteroatoms. The number of alkyl halides is 3. The van der Waals surface area contributed by atoms with Gasteiger partial charge in [-0.25, -0.2) is 0 Å². The van der Waals surface area contributed by atoms with Crippen molar-refractivity contribution in [1.82, 2.24) is 10.4 Å². The van der Waals surface area contributed by atoms with Crippen LogP contribution in [0.15, 0.2) is 36.4 Å². The Hall–Kier alpha value is -2.08. The second kappa shape index (κ2) is 5.48. The highest BCUT2D eigenvalue weighted by molar-refractivity contribution is 5.86. The highest BCUT2D eigenvalue weighted by Gasteiger charge is 2.52. The van der Waals surface area contributed by atoms with Crippen molar-refractivity contribution in [3.63, 3.8) is 0 Å². The highest BCUT2D eigenvalue weighted by Crippen LogP contribution is 2.43. The van der Waals surface area contributed by atoms with E-state index in [1.165, 1.54) is 6.07 Å². The maximum absolute atomic E-state index is 13.8. The monoisotopic (exact) mass is 336 g/mol. The molecule has 1 heterocycles. The number of aryl methyl sites for hydroxylation is 1. The summed E-state index contributed by atoms with van der Waals surface area (Å²) in [5.74, 6) is -0.397. The molecular weight excluding hydrogens is 317 g/mol. The number of carbonyl (C=O) groups excluding carboxylic acids is 1. The fourth-order valence-corrected chi connectivity index (χ4v) is 3.34. The third kappa shape index (κ3) is 2.86. The van der Waals surface area contributed by atoms with E-state index in [1.54, 1.807) is 32.0 Å². The zero-order valence-corrected chi connectivity index (χ0v) is 13.7. The van der Waals surface area contributed by atoms with E-state index < -0.39 is 23.7 Å². The van der Waals surface area contributed by atoms with Crippen molar-refractivity contribution in [2.45, 2.75) is 44.9 Å². The molecule has 128 valence electrons. The van der Waals surface area contributed by atoms with Gasteiger partial charge in [-0.3, -0.25) is 10.2 Å². The molecule has 0 radical (unpaired) electrons. The summed E-state index contributed by atoms with van der Waals surface area (Å²) in [5.41, 5.74) is 2.60. The number of hydrazine groups is 1. The predicted molar refractivity (Wildman–Crippen MR) is 86.2 cm³/mol. The lowest BCUT2D eigenvalue weighted by atomic mass is 9.95. The van der Waals surface area contributed by atoms with Gasteiger partial charge in [-0.15, -0.1) is 0 Å². The number of halogens is 3. The number of amides is 1. The Balaban J connectivity index is 2.12. The fraction of sp³-hybridized carbons (Fsp3) is 0.389. The Labute approximate surface area is 138 Å². The molecule has 0 aromatic heterocycles. The largest absolute Gasteiger partial charge is 0.409 e. The molecule has 1 aliphatic heterocycles.